The van der Waals surface area contributed by atoms with Gasteiger partial charge in [0.05, 0.1) is 24.4 Å². The number of amides is 1. The Morgan fingerprint density at radius 1 is 1.55 bits per heavy atom. The number of hydrogen-bond donors (Lipinski definition) is 1. The molecule has 1 fully saturated rings. The van der Waals surface area contributed by atoms with Crippen LogP contribution in [0.15, 0.2) is 12.5 Å². The zero-order valence-corrected chi connectivity index (χ0v) is 11.3. The van der Waals surface area contributed by atoms with Gasteiger partial charge in [0.15, 0.2) is 6.10 Å². The molecule has 0 radical (unpaired) electrons. The third-order valence-electron chi connectivity index (χ3n) is 3.14. The summed E-state index contributed by atoms with van der Waals surface area (Å²) in [7, 11) is 0. The molecular formula is C13H17N3O4. The predicted octanol–water partition coefficient (Wildman–Crippen LogP) is 0.355. The topological polar surface area (TPSA) is 92.6 Å². The van der Waals surface area contributed by atoms with E-state index in [9.17, 15) is 9.59 Å². The molecule has 0 aliphatic carbocycles. The van der Waals surface area contributed by atoms with E-state index in [2.05, 4.69) is 9.97 Å². The van der Waals surface area contributed by atoms with Gasteiger partial charge in [-0.15, -0.1) is 0 Å². The van der Waals surface area contributed by atoms with Crippen molar-refractivity contribution in [3.63, 3.8) is 0 Å². The van der Waals surface area contributed by atoms with Gasteiger partial charge in [0.2, 0.25) is 0 Å². The molecular weight excluding hydrogens is 262 g/mol. The fourth-order valence-corrected chi connectivity index (χ4v) is 2.12. The van der Waals surface area contributed by atoms with Crippen molar-refractivity contribution in [3.8, 4) is 0 Å². The highest BCUT2D eigenvalue weighted by atomic mass is 16.5. The quantitative estimate of drug-likeness (QED) is 0.855. The summed E-state index contributed by atoms with van der Waals surface area (Å²) in [4.78, 5) is 32.9. The monoisotopic (exact) mass is 279 g/mol. The van der Waals surface area contributed by atoms with Crippen LogP contribution >= 0.6 is 0 Å². The molecule has 1 aliphatic heterocycles. The number of carbonyl (C=O) groups excluding carboxylic acids is 1. The van der Waals surface area contributed by atoms with Crippen LogP contribution in [0.2, 0.25) is 0 Å². The Morgan fingerprint density at radius 2 is 2.35 bits per heavy atom. The van der Waals surface area contributed by atoms with Crippen LogP contribution in [-0.2, 0) is 16.0 Å². The van der Waals surface area contributed by atoms with Crippen molar-refractivity contribution in [1.29, 1.82) is 0 Å². The maximum atomic E-state index is 12.5. The van der Waals surface area contributed by atoms with Crippen molar-refractivity contribution in [2.24, 2.45) is 0 Å². The van der Waals surface area contributed by atoms with Crippen molar-refractivity contribution in [3.05, 3.63) is 23.8 Å². The summed E-state index contributed by atoms with van der Waals surface area (Å²) in [5.74, 6) is -1.29. The third-order valence-corrected chi connectivity index (χ3v) is 3.14. The number of morpholine rings is 1. The number of aryl methyl sites for hydroxylation is 1. The normalized spacial score (nSPS) is 18.9. The molecule has 2 rings (SSSR count). The number of nitrogens with zero attached hydrogens (tertiary/aromatic N) is 3. The van der Waals surface area contributed by atoms with Gasteiger partial charge in [-0.05, 0) is 6.42 Å². The number of carboxylic acid groups (broad SMARTS) is 1. The lowest BCUT2D eigenvalue weighted by Gasteiger charge is -2.31. The zero-order chi connectivity index (χ0) is 14.5. The molecule has 0 spiro atoms. The maximum absolute atomic E-state index is 12.5. The molecule has 7 heteroatoms. The molecule has 0 saturated carbocycles. The zero-order valence-electron chi connectivity index (χ0n) is 11.3. The number of ether oxygens (including phenoxy) is 1. The number of rotatable bonds is 4. The standard InChI is InChI=1S/C13H17N3O4/c1-2-3-10-9(6-14-8-15-10)12(17)16-4-5-20-11(7-16)13(18)19/h6,8,11H,2-5,7H2,1H3,(H,18,19)/t11-/m0/s1. The van der Waals surface area contributed by atoms with Crippen LogP contribution in [0.5, 0.6) is 0 Å². The van der Waals surface area contributed by atoms with Gasteiger partial charge in [0.1, 0.15) is 6.33 Å². The Bertz CT molecular complexity index is 506. The van der Waals surface area contributed by atoms with Gasteiger partial charge in [-0.3, -0.25) is 4.79 Å². The van der Waals surface area contributed by atoms with Gasteiger partial charge < -0.3 is 14.7 Å². The minimum absolute atomic E-state index is 0.0502. The van der Waals surface area contributed by atoms with E-state index in [0.29, 0.717) is 24.2 Å². The van der Waals surface area contributed by atoms with Crippen LogP contribution in [0, 0.1) is 0 Å². The number of hydrogen-bond acceptors (Lipinski definition) is 5. The SMILES string of the molecule is CCCc1ncncc1C(=O)N1CCO[C@H](C(=O)O)C1. The molecule has 1 aromatic heterocycles. The van der Waals surface area contributed by atoms with E-state index >= 15 is 0 Å². The summed E-state index contributed by atoms with van der Waals surface area (Å²) in [5.41, 5.74) is 1.14. The molecule has 1 atom stereocenters. The number of carbonyl (C=O) groups is 2. The molecule has 0 unspecified atom stereocenters. The molecule has 2 heterocycles. The Kier molecular flexibility index (Phi) is 4.62. The number of aromatic nitrogens is 2. The lowest BCUT2D eigenvalue weighted by molar-refractivity contribution is -0.154. The fraction of sp³-hybridized carbons (Fsp3) is 0.538. The lowest BCUT2D eigenvalue weighted by atomic mass is 10.1. The summed E-state index contributed by atoms with van der Waals surface area (Å²) < 4.78 is 5.11. The average Bonchev–Trinajstić information content (AvgIpc) is 2.47. The second kappa shape index (κ2) is 6.42. The van der Waals surface area contributed by atoms with E-state index in [4.69, 9.17) is 9.84 Å². The summed E-state index contributed by atoms with van der Waals surface area (Å²) in [6.45, 7) is 2.66. The molecule has 20 heavy (non-hydrogen) atoms. The highest BCUT2D eigenvalue weighted by Crippen LogP contribution is 2.13. The van der Waals surface area contributed by atoms with Gasteiger partial charge in [-0.1, -0.05) is 13.3 Å². The van der Waals surface area contributed by atoms with Gasteiger partial charge in [0, 0.05) is 12.7 Å². The Hall–Kier alpha value is -2.02. The van der Waals surface area contributed by atoms with E-state index in [1.807, 2.05) is 6.92 Å². The molecule has 1 amide bonds. The minimum atomic E-state index is -1.06. The first-order valence-corrected chi connectivity index (χ1v) is 6.56. The Balaban J connectivity index is 2.16. The van der Waals surface area contributed by atoms with Crippen molar-refractivity contribution in [2.45, 2.75) is 25.9 Å². The first-order valence-electron chi connectivity index (χ1n) is 6.56. The van der Waals surface area contributed by atoms with Crippen LogP contribution in [0.25, 0.3) is 0 Å². The van der Waals surface area contributed by atoms with Gasteiger partial charge >= 0.3 is 5.97 Å². The largest absolute Gasteiger partial charge is 0.479 e. The first kappa shape index (κ1) is 14.4. The van der Waals surface area contributed by atoms with E-state index in [-0.39, 0.29) is 19.1 Å². The second-order valence-electron chi connectivity index (χ2n) is 4.58. The molecule has 0 aromatic carbocycles. The van der Waals surface area contributed by atoms with Crippen LogP contribution < -0.4 is 0 Å². The molecule has 1 saturated heterocycles. The van der Waals surface area contributed by atoms with E-state index in [1.165, 1.54) is 17.4 Å². The highest BCUT2D eigenvalue weighted by molar-refractivity contribution is 5.95. The van der Waals surface area contributed by atoms with Crippen LogP contribution in [-0.4, -0.2) is 57.7 Å². The summed E-state index contributed by atoms with van der Waals surface area (Å²) in [5, 5.41) is 8.96. The van der Waals surface area contributed by atoms with E-state index in [1.54, 1.807) is 0 Å². The van der Waals surface area contributed by atoms with Crippen molar-refractivity contribution < 1.29 is 19.4 Å². The molecule has 1 N–H and O–H groups in total. The maximum Gasteiger partial charge on any atom is 0.334 e. The molecule has 108 valence electrons. The van der Waals surface area contributed by atoms with Gasteiger partial charge in [-0.2, -0.15) is 0 Å². The molecule has 1 aromatic rings. The predicted molar refractivity (Wildman–Crippen MR) is 69.3 cm³/mol. The van der Waals surface area contributed by atoms with Crippen molar-refractivity contribution in [1.82, 2.24) is 14.9 Å². The van der Waals surface area contributed by atoms with Gasteiger partial charge in [-0.25, -0.2) is 14.8 Å². The van der Waals surface area contributed by atoms with Crippen molar-refractivity contribution >= 4 is 11.9 Å². The Morgan fingerprint density at radius 3 is 3.05 bits per heavy atom. The Labute approximate surface area is 116 Å². The number of aliphatic carboxylic acids is 1. The average molecular weight is 279 g/mol. The minimum Gasteiger partial charge on any atom is -0.479 e. The van der Waals surface area contributed by atoms with Crippen molar-refractivity contribution in [2.75, 3.05) is 19.7 Å². The van der Waals surface area contributed by atoms with E-state index in [0.717, 1.165) is 6.42 Å². The van der Waals surface area contributed by atoms with Crippen LogP contribution in [0.4, 0.5) is 0 Å². The first-order chi connectivity index (χ1) is 9.63. The smallest absolute Gasteiger partial charge is 0.334 e. The van der Waals surface area contributed by atoms with Crippen LogP contribution in [0.1, 0.15) is 29.4 Å². The molecule has 0 bridgehead atoms. The second-order valence-corrected chi connectivity index (χ2v) is 4.58. The molecule has 7 nitrogen and oxygen atoms in total. The lowest BCUT2D eigenvalue weighted by Crippen LogP contribution is -2.48. The fourth-order valence-electron chi connectivity index (χ4n) is 2.12. The van der Waals surface area contributed by atoms with E-state index < -0.39 is 12.1 Å². The molecule has 1 aliphatic rings. The number of carboxylic acids is 1. The third kappa shape index (κ3) is 3.11. The summed E-state index contributed by atoms with van der Waals surface area (Å²) in [6, 6.07) is 0. The summed E-state index contributed by atoms with van der Waals surface area (Å²) in [6.07, 6.45) is 3.51. The van der Waals surface area contributed by atoms with Gasteiger partial charge in [0.25, 0.3) is 5.91 Å². The van der Waals surface area contributed by atoms with Crippen LogP contribution in [0.3, 0.4) is 0 Å². The summed E-state index contributed by atoms with van der Waals surface area (Å²) >= 11 is 0. The highest BCUT2D eigenvalue weighted by Gasteiger charge is 2.30.